The Balaban J connectivity index is 2.18. The summed E-state index contributed by atoms with van der Waals surface area (Å²) in [5.74, 6) is 1.85. The Bertz CT molecular complexity index is 949. The number of aromatic nitrogens is 1. The monoisotopic (exact) mass is 355 g/mol. The third-order valence-electron chi connectivity index (χ3n) is 4.31. The molecule has 0 N–H and O–H groups in total. The molecule has 136 valence electrons. The molecule has 0 saturated carbocycles. The zero-order chi connectivity index (χ0) is 18.8. The Morgan fingerprint density at radius 3 is 2.08 bits per heavy atom. The Kier molecular flexibility index (Phi) is 4.75. The van der Waals surface area contributed by atoms with E-state index in [1.807, 2.05) is 29.5 Å². The molecule has 0 unspecified atom stereocenters. The van der Waals surface area contributed by atoms with Gasteiger partial charge < -0.3 is 23.3 Å². The normalized spacial score (nSPS) is 10.7. The number of hydrogen-bond acceptors (Lipinski definition) is 5. The smallest absolute Gasteiger partial charge is 0.210 e. The van der Waals surface area contributed by atoms with Gasteiger partial charge in [-0.15, -0.1) is 0 Å². The van der Waals surface area contributed by atoms with Gasteiger partial charge in [0.2, 0.25) is 11.5 Å². The molecule has 1 aromatic carbocycles. The first-order valence-electron chi connectivity index (χ1n) is 8.04. The quantitative estimate of drug-likeness (QED) is 0.633. The van der Waals surface area contributed by atoms with Crippen LogP contribution in [0.4, 0.5) is 0 Å². The van der Waals surface area contributed by atoms with Crippen LogP contribution in [-0.2, 0) is 0 Å². The molecule has 0 spiro atoms. The second-order valence-corrected chi connectivity index (χ2v) is 5.78. The van der Waals surface area contributed by atoms with Gasteiger partial charge in [0.05, 0.1) is 40.3 Å². The van der Waals surface area contributed by atoms with Crippen LogP contribution in [0.1, 0.15) is 21.6 Å². The van der Waals surface area contributed by atoms with Crippen LogP contribution in [0.3, 0.4) is 0 Å². The van der Waals surface area contributed by atoms with E-state index < -0.39 is 0 Å². The molecule has 0 aliphatic carbocycles. The molecule has 6 nitrogen and oxygen atoms in total. The fourth-order valence-corrected chi connectivity index (χ4v) is 3.04. The van der Waals surface area contributed by atoms with Gasteiger partial charge in [-0.2, -0.15) is 0 Å². The fourth-order valence-electron chi connectivity index (χ4n) is 3.04. The standard InChI is InChI=1S/C20H21NO5/c1-12-8-14-6-7-15(23-2)11-21(14)18(12)19(22)13-9-16(24-3)20(26-5)17(10-13)25-4/h6-11H,1-5H3. The van der Waals surface area contributed by atoms with Gasteiger partial charge >= 0.3 is 0 Å². The van der Waals surface area contributed by atoms with E-state index in [0.717, 1.165) is 11.1 Å². The maximum absolute atomic E-state index is 13.3. The summed E-state index contributed by atoms with van der Waals surface area (Å²) in [5, 5.41) is 0. The van der Waals surface area contributed by atoms with E-state index in [1.54, 1.807) is 25.4 Å². The van der Waals surface area contributed by atoms with E-state index in [2.05, 4.69) is 0 Å². The Morgan fingerprint density at radius 2 is 1.54 bits per heavy atom. The molecule has 0 fully saturated rings. The lowest BCUT2D eigenvalue weighted by atomic mass is 10.0. The number of carbonyl (C=O) groups is 1. The molecule has 0 atom stereocenters. The van der Waals surface area contributed by atoms with Crippen LogP contribution >= 0.6 is 0 Å². The number of ketones is 1. The second-order valence-electron chi connectivity index (χ2n) is 5.78. The van der Waals surface area contributed by atoms with Crippen LogP contribution in [0.25, 0.3) is 5.52 Å². The molecule has 0 aliphatic heterocycles. The zero-order valence-electron chi connectivity index (χ0n) is 15.5. The van der Waals surface area contributed by atoms with Crippen LogP contribution < -0.4 is 18.9 Å². The van der Waals surface area contributed by atoms with E-state index in [4.69, 9.17) is 18.9 Å². The first-order valence-corrected chi connectivity index (χ1v) is 8.04. The summed E-state index contributed by atoms with van der Waals surface area (Å²) in [4.78, 5) is 13.3. The van der Waals surface area contributed by atoms with Crippen LogP contribution in [0, 0.1) is 6.92 Å². The second kappa shape index (κ2) is 7.00. The van der Waals surface area contributed by atoms with Gasteiger partial charge in [-0.3, -0.25) is 4.79 Å². The third-order valence-corrected chi connectivity index (χ3v) is 4.31. The highest BCUT2D eigenvalue weighted by atomic mass is 16.5. The van der Waals surface area contributed by atoms with E-state index in [0.29, 0.717) is 34.3 Å². The molecular formula is C20H21NO5. The molecule has 0 aliphatic rings. The first kappa shape index (κ1) is 17.7. The van der Waals surface area contributed by atoms with Gasteiger partial charge in [-0.05, 0) is 42.8 Å². The Morgan fingerprint density at radius 1 is 0.885 bits per heavy atom. The summed E-state index contributed by atoms with van der Waals surface area (Å²) in [6.07, 6.45) is 1.80. The van der Waals surface area contributed by atoms with Crippen molar-refractivity contribution in [3.63, 3.8) is 0 Å². The minimum Gasteiger partial charge on any atom is -0.495 e. The van der Waals surface area contributed by atoms with Crippen molar-refractivity contribution in [3.05, 3.63) is 53.3 Å². The van der Waals surface area contributed by atoms with Gasteiger partial charge in [0, 0.05) is 11.1 Å². The van der Waals surface area contributed by atoms with Crippen LogP contribution in [0.2, 0.25) is 0 Å². The van der Waals surface area contributed by atoms with Gasteiger partial charge in [0.25, 0.3) is 0 Å². The molecule has 3 rings (SSSR count). The molecule has 6 heteroatoms. The number of pyridine rings is 1. The number of ether oxygens (including phenoxy) is 4. The Hall–Kier alpha value is -3.15. The fraction of sp³-hybridized carbons (Fsp3) is 0.250. The summed E-state index contributed by atoms with van der Waals surface area (Å²) >= 11 is 0. The zero-order valence-corrected chi connectivity index (χ0v) is 15.5. The molecule has 0 radical (unpaired) electrons. The molecule has 0 saturated heterocycles. The van der Waals surface area contributed by atoms with Crippen molar-refractivity contribution in [1.29, 1.82) is 0 Å². The van der Waals surface area contributed by atoms with E-state index in [-0.39, 0.29) is 5.78 Å². The van der Waals surface area contributed by atoms with Crippen molar-refractivity contribution in [2.45, 2.75) is 6.92 Å². The van der Waals surface area contributed by atoms with Crippen molar-refractivity contribution in [2.75, 3.05) is 28.4 Å². The summed E-state index contributed by atoms with van der Waals surface area (Å²) in [6.45, 7) is 1.91. The predicted octanol–water partition coefficient (Wildman–Crippen LogP) is 3.51. The van der Waals surface area contributed by atoms with Gasteiger partial charge in [-0.25, -0.2) is 0 Å². The van der Waals surface area contributed by atoms with Gasteiger partial charge in [-0.1, -0.05) is 0 Å². The van der Waals surface area contributed by atoms with E-state index in [9.17, 15) is 4.79 Å². The minimum absolute atomic E-state index is 0.144. The lowest BCUT2D eigenvalue weighted by Gasteiger charge is -2.14. The highest BCUT2D eigenvalue weighted by Crippen LogP contribution is 2.39. The molecule has 26 heavy (non-hydrogen) atoms. The highest BCUT2D eigenvalue weighted by molar-refractivity contribution is 6.10. The number of methoxy groups -OCH3 is 4. The number of fused-ring (bicyclic) bond motifs is 1. The summed E-state index contributed by atoms with van der Waals surface area (Å²) in [7, 11) is 6.17. The van der Waals surface area contributed by atoms with Crippen LogP contribution in [0.15, 0.2) is 36.5 Å². The lowest BCUT2D eigenvalue weighted by Crippen LogP contribution is -2.08. The summed E-state index contributed by atoms with van der Waals surface area (Å²) in [6, 6.07) is 9.05. The first-order chi connectivity index (χ1) is 12.5. The third kappa shape index (κ3) is 2.83. The lowest BCUT2D eigenvalue weighted by molar-refractivity contribution is 0.103. The largest absolute Gasteiger partial charge is 0.495 e. The molecule has 2 heterocycles. The number of rotatable bonds is 6. The predicted molar refractivity (Wildman–Crippen MR) is 98.2 cm³/mol. The number of benzene rings is 1. The number of aryl methyl sites for hydroxylation is 1. The van der Waals surface area contributed by atoms with Crippen molar-refractivity contribution < 1.29 is 23.7 Å². The Labute approximate surface area is 151 Å². The average Bonchev–Trinajstić information content (AvgIpc) is 3.00. The molecule has 0 amide bonds. The number of hydrogen-bond donors (Lipinski definition) is 0. The van der Waals surface area contributed by atoms with Crippen LogP contribution in [0.5, 0.6) is 23.0 Å². The molecule has 3 aromatic rings. The van der Waals surface area contributed by atoms with Gasteiger partial charge in [0.15, 0.2) is 11.5 Å². The summed E-state index contributed by atoms with van der Waals surface area (Å²) < 4.78 is 23.2. The molecular weight excluding hydrogens is 334 g/mol. The van der Waals surface area contributed by atoms with Crippen molar-refractivity contribution in [3.8, 4) is 23.0 Å². The maximum Gasteiger partial charge on any atom is 0.210 e. The van der Waals surface area contributed by atoms with E-state index >= 15 is 0 Å². The maximum atomic E-state index is 13.3. The van der Waals surface area contributed by atoms with Crippen molar-refractivity contribution in [1.82, 2.24) is 4.40 Å². The van der Waals surface area contributed by atoms with E-state index in [1.165, 1.54) is 21.3 Å². The number of carbonyl (C=O) groups excluding carboxylic acids is 1. The highest BCUT2D eigenvalue weighted by Gasteiger charge is 2.22. The summed E-state index contributed by atoms with van der Waals surface area (Å²) in [5.41, 5.74) is 2.80. The molecule has 2 aromatic heterocycles. The topological polar surface area (TPSA) is 58.4 Å². The van der Waals surface area contributed by atoms with Crippen LogP contribution in [-0.4, -0.2) is 38.6 Å². The number of nitrogens with zero attached hydrogens (tertiary/aromatic N) is 1. The van der Waals surface area contributed by atoms with Crippen molar-refractivity contribution in [2.24, 2.45) is 0 Å². The van der Waals surface area contributed by atoms with Crippen molar-refractivity contribution >= 4 is 11.3 Å². The molecule has 0 bridgehead atoms. The minimum atomic E-state index is -0.144. The average molecular weight is 355 g/mol. The SMILES string of the molecule is COc1ccc2cc(C)c(C(=O)c3cc(OC)c(OC)c(OC)c3)n2c1. The van der Waals surface area contributed by atoms with Gasteiger partial charge in [0.1, 0.15) is 5.75 Å².